The van der Waals surface area contributed by atoms with Crippen molar-refractivity contribution in [3.8, 4) is 17.4 Å². The van der Waals surface area contributed by atoms with Gasteiger partial charge in [0.05, 0.1) is 13.0 Å². The Bertz CT molecular complexity index is 542. The lowest BCUT2D eigenvalue weighted by atomic mass is 9.90. The van der Waals surface area contributed by atoms with Crippen molar-refractivity contribution in [3.63, 3.8) is 0 Å². The zero-order chi connectivity index (χ0) is 14.7. The van der Waals surface area contributed by atoms with Crippen LogP contribution in [-0.4, -0.2) is 33.5 Å². The van der Waals surface area contributed by atoms with E-state index in [1.54, 1.807) is 12.1 Å². The lowest BCUT2D eigenvalue weighted by Gasteiger charge is -2.20. The topological polar surface area (TPSA) is 100.0 Å². The first-order valence-corrected chi connectivity index (χ1v) is 6.50. The third-order valence-corrected chi connectivity index (χ3v) is 3.09. The molecule has 2 unspecified atom stereocenters. The Balaban J connectivity index is 2.27. The maximum Gasteiger partial charge on any atom is 0.233 e. The minimum absolute atomic E-state index is 0.0162. The van der Waals surface area contributed by atoms with E-state index in [1.807, 2.05) is 6.92 Å². The van der Waals surface area contributed by atoms with Gasteiger partial charge in [0, 0.05) is 12.1 Å². The molecule has 0 saturated heterocycles. The van der Waals surface area contributed by atoms with Crippen LogP contribution in [0.25, 0.3) is 11.5 Å². The third kappa shape index (κ3) is 2.93. The number of hydrogen-bond donors (Lipinski definition) is 1. The van der Waals surface area contributed by atoms with E-state index in [4.69, 9.17) is 15.0 Å². The Kier molecular flexibility index (Phi) is 4.29. The van der Waals surface area contributed by atoms with Crippen LogP contribution in [0.15, 0.2) is 16.7 Å². The molecule has 0 radical (unpaired) electrons. The number of nitrogens with two attached hydrogens (primary N) is 1. The van der Waals surface area contributed by atoms with Crippen LogP contribution in [0.2, 0.25) is 0 Å². The molecule has 2 heterocycles. The number of rotatable bonds is 5. The highest BCUT2D eigenvalue weighted by Crippen LogP contribution is 2.27. The summed E-state index contributed by atoms with van der Waals surface area (Å²) in [5.74, 6) is 1.70. The van der Waals surface area contributed by atoms with Gasteiger partial charge in [0.1, 0.15) is 5.69 Å². The van der Waals surface area contributed by atoms with E-state index in [0.717, 1.165) is 0 Å². The number of ether oxygens (including phenoxy) is 1. The van der Waals surface area contributed by atoms with Crippen molar-refractivity contribution in [2.45, 2.75) is 32.7 Å². The van der Waals surface area contributed by atoms with E-state index in [9.17, 15) is 0 Å². The van der Waals surface area contributed by atoms with Gasteiger partial charge in [0.15, 0.2) is 0 Å². The first-order chi connectivity index (χ1) is 9.52. The summed E-state index contributed by atoms with van der Waals surface area (Å²) < 4.78 is 10.3. The molecule has 2 aromatic heterocycles. The minimum Gasteiger partial charge on any atom is -0.480 e. The van der Waals surface area contributed by atoms with E-state index in [1.165, 1.54) is 7.11 Å². The second-order valence-corrected chi connectivity index (χ2v) is 5.05. The van der Waals surface area contributed by atoms with Gasteiger partial charge in [-0.3, -0.25) is 0 Å². The maximum absolute atomic E-state index is 5.98. The fourth-order valence-corrected chi connectivity index (χ4v) is 2.14. The minimum atomic E-state index is -0.0646. The summed E-state index contributed by atoms with van der Waals surface area (Å²) in [5, 5.41) is 11.8. The molecule has 2 rings (SSSR count). The van der Waals surface area contributed by atoms with Gasteiger partial charge in [0.25, 0.3) is 0 Å². The van der Waals surface area contributed by atoms with Crippen molar-refractivity contribution in [2.24, 2.45) is 11.7 Å². The fraction of sp³-hybridized carbons (Fsp3) is 0.538. The first-order valence-electron chi connectivity index (χ1n) is 6.50. The van der Waals surface area contributed by atoms with E-state index in [0.29, 0.717) is 29.2 Å². The van der Waals surface area contributed by atoms with E-state index in [-0.39, 0.29) is 12.0 Å². The highest BCUT2D eigenvalue weighted by atomic mass is 16.5. The Morgan fingerprint density at radius 3 is 2.45 bits per heavy atom. The van der Waals surface area contributed by atoms with Gasteiger partial charge < -0.3 is 15.0 Å². The molecular formula is C13H19N5O2. The normalized spacial score (nSPS) is 14.3. The van der Waals surface area contributed by atoms with Gasteiger partial charge in [-0.1, -0.05) is 19.0 Å². The van der Waals surface area contributed by atoms with Crippen molar-refractivity contribution < 1.29 is 9.26 Å². The number of hydrogen-bond acceptors (Lipinski definition) is 7. The van der Waals surface area contributed by atoms with Crippen LogP contribution in [-0.2, 0) is 0 Å². The highest BCUT2D eigenvalue weighted by Gasteiger charge is 2.26. The molecule has 20 heavy (non-hydrogen) atoms. The summed E-state index contributed by atoms with van der Waals surface area (Å²) >= 11 is 0. The van der Waals surface area contributed by atoms with Crippen LogP contribution in [0.5, 0.6) is 5.88 Å². The molecule has 2 atom stereocenters. The summed E-state index contributed by atoms with van der Waals surface area (Å²) in [6.07, 6.45) is 0. The monoisotopic (exact) mass is 277 g/mol. The van der Waals surface area contributed by atoms with Crippen LogP contribution in [0.4, 0.5) is 0 Å². The number of aromatic nitrogens is 4. The molecule has 2 N–H and O–H groups in total. The van der Waals surface area contributed by atoms with Crippen LogP contribution in [0, 0.1) is 5.92 Å². The number of methoxy groups -OCH3 is 1. The molecule has 2 aromatic rings. The molecule has 0 fully saturated rings. The van der Waals surface area contributed by atoms with E-state index >= 15 is 0 Å². The largest absolute Gasteiger partial charge is 0.480 e. The van der Waals surface area contributed by atoms with Crippen LogP contribution in [0.3, 0.4) is 0 Å². The molecule has 7 nitrogen and oxygen atoms in total. The van der Waals surface area contributed by atoms with Gasteiger partial charge in [-0.05, 0) is 18.9 Å². The quantitative estimate of drug-likeness (QED) is 0.886. The SMILES string of the molecule is COc1ccc(-c2noc(C(C(C)C)C(C)N)n2)nn1. The zero-order valence-corrected chi connectivity index (χ0v) is 12.1. The summed E-state index contributed by atoms with van der Waals surface area (Å²) in [6.45, 7) is 6.08. The molecule has 0 aliphatic heterocycles. The zero-order valence-electron chi connectivity index (χ0n) is 12.1. The smallest absolute Gasteiger partial charge is 0.233 e. The highest BCUT2D eigenvalue weighted by molar-refractivity contribution is 5.47. The first kappa shape index (κ1) is 14.4. The van der Waals surface area contributed by atoms with E-state index < -0.39 is 0 Å². The lowest BCUT2D eigenvalue weighted by molar-refractivity contribution is 0.300. The standard InChI is InChI=1S/C13H19N5O2/c1-7(2)11(8(3)14)13-15-12(18-20-13)9-5-6-10(19-4)17-16-9/h5-8,11H,14H2,1-4H3. The third-order valence-electron chi connectivity index (χ3n) is 3.09. The van der Waals surface area contributed by atoms with Crippen molar-refractivity contribution in [3.05, 3.63) is 18.0 Å². The van der Waals surface area contributed by atoms with Crippen LogP contribution >= 0.6 is 0 Å². The van der Waals surface area contributed by atoms with Gasteiger partial charge in [-0.25, -0.2) is 0 Å². The van der Waals surface area contributed by atoms with Gasteiger partial charge in [-0.15, -0.1) is 10.2 Å². The Morgan fingerprint density at radius 2 is 1.95 bits per heavy atom. The molecule has 108 valence electrons. The molecule has 0 aliphatic carbocycles. The Morgan fingerprint density at radius 1 is 1.20 bits per heavy atom. The lowest BCUT2D eigenvalue weighted by Crippen LogP contribution is -2.28. The fourth-order valence-electron chi connectivity index (χ4n) is 2.14. The Hall–Kier alpha value is -2.02. The second kappa shape index (κ2) is 5.96. The summed E-state index contributed by atoms with van der Waals surface area (Å²) in [7, 11) is 1.53. The van der Waals surface area contributed by atoms with Gasteiger partial charge in [-0.2, -0.15) is 4.98 Å². The Labute approximate surface area is 117 Å². The molecule has 0 amide bonds. The molecule has 0 saturated carbocycles. The van der Waals surface area contributed by atoms with Crippen LogP contribution < -0.4 is 10.5 Å². The van der Waals surface area contributed by atoms with Crippen molar-refractivity contribution >= 4 is 0 Å². The van der Waals surface area contributed by atoms with Crippen LogP contribution in [0.1, 0.15) is 32.6 Å². The molecular weight excluding hydrogens is 258 g/mol. The van der Waals surface area contributed by atoms with Gasteiger partial charge >= 0.3 is 0 Å². The second-order valence-electron chi connectivity index (χ2n) is 5.05. The average Bonchev–Trinajstić information content (AvgIpc) is 2.87. The molecule has 7 heteroatoms. The predicted molar refractivity (Wildman–Crippen MR) is 73.1 cm³/mol. The van der Waals surface area contributed by atoms with E-state index in [2.05, 4.69) is 34.2 Å². The van der Waals surface area contributed by atoms with Crippen molar-refractivity contribution in [1.29, 1.82) is 0 Å². The molecule has 0 spiro atoms. The molecule has 0 bridgehead atoms. The maximum atomic E-state index is 5.98. The van der Waals surface area contributed by atoms with Gasteiger partial charge in [0.2, 0.25) is 17.6 Å². The van der Waals surface area contributed by atoms with Crippen molar-refractivity contribution in [2.75, 3.05) is 7.11 Å². The summed E-state index contributed by atoms with van der Waals surface area (Å²) in [6, 6.07) is 3.37. The number of nitrogens with zero attached hydrogens (tertiary/aromatic N) is 4. The average molecular weight is 277 g/mol. The predicted octanol–water partition coefficient (Wildman–Crippen LogP) is 1.62. The van der Waals surface area contributed by atoms with Crippen molar-refractivity contribution in [1.82, 2.24) is 20.3 Å². The summed E-state index contributed by atoms with van der Waals surface area (Å²) in [4.78, 5) is 4.38. The molecule has 0 aromatic carbocycles. The summed E-state index contributed by atoms with van der Waals surface area (Å²) in [5.41, 5.74) is 6.52. The molecule has 0 aliphatic rings.